The van der Waals surface area contributed by atoms with E-state index in [2.05, 4.69) is 17.1 Å². The molecule has 3 aliphatic rings. The lowest BCUT2D eigenvalue weighted by atomic mass is 9.86. The van der Waals surface area contributed by atoms with Crippen LogP contribution in [0.4, 0.5) is 5.69 Å². The summed E-state index contributed by atoms with van der Waals surface area (Å²) in [7, 11) is -3.65. The van der Waals surface area contributed by atoms with Crippen LogP contribution in [-0.4, -0.2) is 64.1 Å². The molecule has 0 unspecified atom stereocenters. The molecule has 1 saturated carbocycles. The van der Waals surface area contributed by atoms with Crippen molar-refractivity contribution in [3.05, 3.63) is 23.8 Å². The Labute approximate surface area is 186 Å². The highest BCUT2D eigenvalue weighted by Gasteiger charge is 2.30. The van der Waals surface area contributed by atoms with Gasteiger partial charge < -0.3 is 15.0 Å². The van der Waals surface area contributed by atoms with E-state index in [1.807, 2.05) is 6.07 Å². The summed E-state index contributed by atoms with van der Waals surface area (Å²) in [5, 5.41) is 3.23. The second kappa shape index (κ2) is 9.88. The molecule has 7 nitrogen and oxygen atoms in total. The summed E-state index contributed by atoms with van der Waals surface area (Å²) in [6.07, 6.45) is 7.82. The van der Waals surface area contributed by atoms with Crippen LogP contribution in [0.2, 0.25) is 0 Å². The second-order valence-corrected chi connectivity index (χ2v) is 11.0. The first-order valence-electron chi connectivity index (χ1n) is 11.7. The minimum absolute atomic E-state index is 0.148. The molecular formula is C23H35N3O4S. The summed E-state index contributed by atoms with van der Waals surface area (Å²) in [6, 6.07) is 5.24. The topological polar surface area (TPSA) is 79.0 Å². The van der Waals surface area contributed by atoms with Crippen LogP contribution in [0, 0.1) is 5.92 Å². The van der Waals surface area contributed by atoms with Crippen molar-refractivity contribution >= 4 is 21.6 Å². The molecule has 1 amide bonds. The Morgan fingerprint density at radius 2 is 1.71 bits per heavy atom. The molecule has 2 atom stereocenters. The number of benzene rings is 1. The minimum Gasteiger partial charge on any atom is -0.379 e. The van der Waals surface area contributed by atoms with Crippen molar-refractivity contribution in [2.24, 2.45) is 5.92 Å². The zero-order chi connectivity index (χ0) is 21.8. The maximum atomic E-state index is 13.4. The van der Waals surface area contributed by atoms with Crippen LogP contribution in [-0.2, 0) is 14.8 Å². The van der Waals surface area contributed by atoms with Gasteiger partial charge in [0.2, 0.25) is 10.0 Å². The van der Waals surface area contributed by atoms with Gasteiger partial charge in [-0.25, -0.2) is 8.42 Å². The predicted molar refractivity (Wildman–Crippen MR) is 121 cm³/mol. The summed E-state index contributed by atoms with van der Waals surface area (Å²) in [6.45, 7) is 5.48. The van der Waals surface area contributed by atoms with Crippen molar-refractivity contribution in [3.8, 4) is 0 Å². The van der Waals surface area contributed by atoms with Crippen LogP contribution in [0.5, 0.6) is 0 Å². The van der Waals surface area contributed by atoms with Gasteiger partial charge in [-0.05, 0) is 56.2 Å². The van der Waals surface area contributed by atoms with Crippen LogP contribution < -0.4 is 10.2 Å². The molecule has 1 aromatic rings. The fraction of sp³-hybridized carbons (Fsp3) is 0.696. The van der Waals surface area contributed by atoms with Crippen LogP contribution in [0.15, 0.2) is 23.1 Å². The maximum absolute atomic E-state index is 13.4. The normalized spacial score (nSPS) is 25.9. The highest BCUT2D eigenvalue weighted by Crippen LogP contribution is 2.30. The van der Waals surface area contributed by atoms with Gasteiger partial charge in [0.1, 0.15) is 0 Å². The van der Waals surface area contributed by atoms with Gasteiger partial charge in [-0.2, -0.15) is 4.31 Å². The zero-order valence-corrected chi connectivity index (χ0v) is 19.3. The number of carbonyl (C=O) groups excluding carboxylic acids is 1. The van der Waals surface area contributed by atoms with E-state index < -0.39 is 10.0 Å². The number of hydrogen-bond donors (Lipinski definition) is 1. The van der Waals surface area contributed by atoms with Crippen LogP contribution in [0.25, 0.3) is 0 Å². The van der Waals surface area contributed by atoms with Crippen molar-refractivity contribution in [2.45, 2.75) is 62.8 Å². The molecule has 8 heteroatoms. The van der Waals surface area contributed by atoms with Crippen LogP contribution >= 0.6 is 0 Å². The molecule has 4 rings (SSSR count). The van der Waals surface area contributed by atoms with E-state index in [1.165, 1.54) is 17.1 Å². The molecule has 31 heavy (non-hydrogen) atoms. The Bertz CT molecular complexity index is 877. The van der Waals surface area contributed by atoms with Crippen molar-refractivity contribution in [1.82, 2.24) is 9.62 Å². The first kappa shape index (κ1) is 22.6. The average Bonchev–Trinajstić information content (AvgIpc) is 2.81. The monoisotopic (exact) mass is 449 g/mol. The number of carbonyl (C=O) groups is 1. The number of anilines is 1. The molecule has 2 aliphatic heterocycles. The fourth-order valence-corrected chi connectivity index (χ4v) is 6.42. The smallest absolute Gasteiger partial charge is 0.253 e. The molecular weight excluding hydrogens is 414 g/mol. The summed E-state index contributed by atoms with van der Waals surface area (Å²) in [4.78, 5) is 15.8. The van der Waals surface area contributed by atoms with E-state index in [1.54, 1.807) is 12.1 Å². The molecule has 0 radical (unpaired) electrons. The van der Waals surface area contributed by atoms with Gasteiger partial charge in [0.15, 0.2) is 0 Å². The van der Waals surface area contributed by atoms with E-state index >= 15 is 0 Å². The number of nitrogens with one attached hydrogen (secondary N) is 1. The van der Waals surface area contributed by atoms with E-state index in [0.29, 0.717) is 37.8 Å². The maximum Gasteiger partial charge on any atom is 0.253 e. The van der Waals surface area contributed by atoms with E-state index in [9.17, 15) is 13.2 Å². The van der Waals surface area contributed by atoms with E-state index in [-0.39, 0.29) is 16.8 Å². The molecule has 2 saturated heterocycles. The molecule has 1 aliphatic carbocycles. The Morgan fingerprint density at radius 3 is 2.42 bits per heavy atom. The third-order valence-corrected chi connectivity index (χ3v) is 8.84. The Balaban J connectivity index is 1.65. The van der Waals surface area contributed by atoms with Crippen LogP contribution in [0.3, 0.4) is 0 Å². The number of amides is 1. The molecule has 0 spiro atoms. The SMILES string of the molecule is C[C@H]1CCCC[C@@H]1NC(=O)c1cc(S(=O)(=O)N2CCOCC2)ccc1N1CCCCC1. The number of morpholine rings is 1. The van der Waals surface area contributed by atoms with Gasteiger partial charge in [0.25, 0.3) is 5.91 Å². The molecule has 1 N–H and O–H groups in total. The lowest BCUT2D eigenvalue weighted by molar-refractivity contribution is 0.0730. The van der Waals surface area contributed by atoms with Gasteiger partial charge in [0, 0.05) is 37.9 Å². The summed E-state index contributed by atoms with van der Waals surface area (Å²) >= 11 is 0. The predicted octanol–water partition coefficient (Wildman–Crippen LogP) is 3.01. The third kappa shape index (κ3) is 5.07. The van der Waals surface area contributed by atoms with Crippen molar-refractivity contribution in [3.63, 3.8) is 0 Å². The first-order valence-corrected chi connectivity index (χ1v) is 13.2. The van der Waals surface area contributed by atoms with Crippen molar-refractivity contribution < 1.29 is 17.9 Å². The molecule has 0 aromatic heterocycles. The number of ether oxygens (including phenoxy) is 1. The number of rotatable bonds is 5. The Morgan fingerprint density at radius 1 is 1.00 bits per heavy atom. The average molecular weight is 450 g/mol. The van der Waals surface area contributed by atoms with E-state index in [4.69, 9.17) is 4.74 Å². The summed E-state index contributed by atoms with van der Waals surface area (Å²) < 4.78 is 33.2. The van der Waals surface area contributed by atoms with Gasteiger partial charge in [0.05, 0.1) is 23.7 Å². The Hall–Kier alpha value is -1.64. The highest BCUT2D eigenvalue weighted by atomic mass is 32.2. The van der Waals surface area contributed by atoms with Gasteiger partial charge in [-0.15, -0.1) is 0 Å². The minimum atomic E-state index is -3.65. The standard InChI is InChI=1S/C23H35N3O4S/c1-18-7-3-4-8-21(18)24-23(27)20-17-19(31(28,29)26-13-15-30-16-14-26)9-10-22(20)25-11-5-2-6-12-25/h9-10,17-18,21H,2-8,11-16H2,1H3,(H,24,27)/t18-,21-/m0/s1. The molecule has 0 bridgehead atoms. The quantitative estimate of drug-likeness (QED) is 0.748. The lowest BCUT2D eigenvalue weighted by Gasteiger charge is -2.33. The van der Waals surface area contributed by atoms with Crippen molar-refractivity contribution in [2.75, 3.05) is 44.3 Å². The van der Waals surface area contributed by atoms with Crippen molar-refractivity contribution in [1.29, 1.82) is 0 Å². The number of hydrogen-bond acceptors (Lipinski definition) is 5. The highest BCUT2D eigenvalue weighted by molar-refractivity contribution is 7.89. The van der Waals surface area contributed by atoms with Gasteiger partial charge in [-0.1, -0.05) is 19.8 Å². The summed E-state index contributed by atoms with van der Waals surface area (Å²) in [5.41, 5.74) is 1.33. The summed E-state index contributed by atoms with van der Waals surface area (Å²) in [5.74, 6) is 0.287. The van der Waals surface area contributed by atoms with Gasteiger partial charge >= 0.3 is 0 Å². The lowest BCUT2D eigenvalue weighted by Crippen LogP contribution is -2.42. The number of sulfonamides is 1. The van der Waals surface area contributed by atoms with Crippen LogP contribution in [0.1, 0.15) is 62.2 Å². The number of nitrogens with zero attached hydrogens (tertiary/aromatic N) is 2. The molecule has 3 fully saturated rings. The zero-order valence-electron chi connectivity index (χ0n) is 18.5. The largest absolute Gasteiger partial charge is 0.379 e. The number of piperidine rings is 1. The second-order valence-electron chi connectivity index (χ2n) is 9.08. The van der Waals surface area contributed by atoms with E-state index in [0.717, 1.165) is 50.9 Å². The first-order chi connectivity index (χ1) is 15.0. The molecule has 2 heterocycles. The fourth-order valence-electron chi connectivity index (χ4n) is 4.98. The molecule has 172 valence electrons. The van der Waals surface area contributed by atoms with Gasteiger partial charge in [-0.3, -0.25) is 4.79 Å². The third-order valence-electron chi connectivity index (χ3n) is 6.95. The molecule has 1 aromatic carbocycles. The Kier molecular flexibility index (Phi) is 7.19.